The fraction of sp³-hybridized carbons (Fsp3) is 0.222. The van der Waals surface area contributed by atoms with E-state index in [4.69, 9.17) is 9.47 Å². The molecule has 0 unspecified atom stereocenters. The fourth-order valence-electron chi connectivity index (χ4n) is 1.30. The fourth-order valence-corrected chi connectivity index (χ4v) is 1.30. The van der Waals surface area contributed by atoms with Gasteiger partial charge in [0.15, 0.2) is 17.8 Å². The lowest BCUT2D eigenvalue weighted by atomic mass is 10.1. The Kier molecular flexibility index (Phi) is 2.06. The Morgan fingerprint density at radius 2 is 1.80 bits per heavy atom. The second kappa shape index (κ2) is 3.15. The van der Waals surface area contributed by atoms with Crippen molar-refractivity contribution in [3.05, 3.63) is 23.3 Å². The minimum atomic E-state index is -4.57. The molecule has 0 bridgehead atoms. The number of halogens is 3. The third-order valence-electron chi connectivity index (χ3n) is 1.98. The van der Waals surface area contributed by atoms with Gasteiger partial charge in [-0.05, 0) is 12.1 Å². The molecule has 0 atom stereocenters. The Hall–Kier alpha value is -1.72. The standard InChI is InChI=1S/C9H5F3O3/c10-9(11,12)6-2-8-7(14-4-15-8)1-5(6)3-13/h1-3H,4H2. The van der Waals surface area contributed by atoms with E-state index in [1.165, 1.54) is 0 Å². The van der Waals surface area contributed by atoms with E-state index in [1.54, 1.807) is 0 Å². The van der Waals surface area contributed by atoms with Gasteiger partial charge < -0.3 is 9.47 Å². The van der Waals surface area contributed by atoms with Crippen LogP contribution >= 0.6 is 0 Å². The first-order valence-corrected chi connectivity index (χ1v) is 3.98. The molecule has 1 aromatic rings. The van der Waals surface area contributed by atoms with Crippen LogP contribution in [0.5, 0.6) is 11.5 Å². The Bertz CT molecular complexity index is 412. The van der Waals surface area contributed by atoms with Crippen LogP contribution in [0.3, 0.4) is 0 Å². The molecule has 2 rings (SSSR count). The highest BCUT2D eigenvalue weighted by atomic mass is 19.4. The summed E-state index contributed by atoms with van der Waals surface area (Å²) >= 11 is 0. The summed E-state index contributed by atoms with van der Waals surface area (Å²) in [5, 5.41) is 0. The number of benzene rings is 1. The molecule has 0 amide bonds. The van der Waals surface area contributed by atoms with Crippen molar-refractivity contribution in [3.63, 3.8) is 0 Å². The predicted molar refractivity (Wildman–Crippen MR) is 43.0 cm³/mol. The van der Waals surface area contributed by atoms with E-state index < -0.39 is 17.3 Å². The third kappa shape index (κ3) is 1.62. The maximum atomic E-state index is 12.4. The molecular weight excluding hydrogens is 213 g/mol. The average molecular weight is 218 g/mol. The van der Waals surface area contributed by atoms with Crippen molar-refractivity contribution in [2.24, 2.45) is 0 Å². The highest BCUT2D eigenvalue weighted by Crippen LogP contribution is 2.40. The molecule has 0 N–H and O–H groups in total. The number of hydrogen-bond acceptors (Lipinski definition) is 3. The third-order valence-corrected chi connectivity index (χ3v) is 1.98. The molecule has 1 aliphatic heterocycles. The first-order chi connectivity index (χ1) is 7.02. The number of carbonyl (C=O) groups is 1. The summed E-state index contributed by atoms with van der Waals surface area (Å²) in [7, 11) is 0. The Balaban J connectivity index is 2.59. The first kappa shape index (κ1) is 9.82. The topological polar surface area (TPSA) is 35.5 Å². The molecule has 80 valence electrons. The summed E-state index contributed by atoms with van der Waals surface area (Å²) in [6.07, 6.45) is -4.43. The monoisotopic (exact) mass is 218 g/mol. The first-order valence-electron chi connectivity index (χ1n) is 3.98. The van der Waals surface area contributed by atoms with Gasteiger partial charge in [-0.15, -0.1) is 0 Å². The maximum Gasteiger partial charge on any atom is 0.417 e. The van der Waals surface area contributed by atoms with Crippen molar-refractivity contribution in [2.45, 2.75) is 6.18 Å². The van der Waals surface area contributed by atoms with Crippen LogP contribution in [-0.4, -0.2) is 13.1 Å². The largest absolute Gasteiger partial charge is 0.454 e. The zero-order valence-electron chi connectivity index (χ0n) is 7.30. The van der Waals surface area contributed by atoms with Gasteiger partial charge in [0.2, 0.25) is 6.79 Å². The van der Waals surface area contributed by atoms with E-state index in [2.05, 4.69) is 0 Å². The van der Waals surface area contributed by atoms with E-state index in [0.29, 0.717) is 0 Å². The van der Waals surface area contributed by atoms with Crippen LogP contribution in [0.15, 0.2) is 12.1 Å². The molecule has 6 heteroatoms. The van der Waals surface area contributed by atoms with Crippen molar-refractivity contribution < 1.29 is 27.4 Å². The van der Waals surface area contributed by atoms with Gasteiger partial charge >= 0.3 is 6.18 Å². The van der Waals surface area contributed by atoms with E-state index >= 15 is 0 Å². The lowest BCUT2D eigenvalue weighted by Gasteiger charge is -2.09. The number of hydrogen-bond donors (Lipinski definition) is 0. The zero-order chi connectivity index (χ0) is 11.1. The van der Waals surface area contributed by atoms with Gasteiger partial charge in [-0.25, -0.2) is 0 Å². The van der Waals surface area contributed by atoms with Gasteiger partial charge in [0, 0.05) is 5.56 Å². The molecule has 0 saturated heterocycles. The number of rotatable bonds is 1. The van der Waals surface area contributed by atoms with Crippen molar-refractivity contribution in [1.29, 1.82) is 0 Å². The van der Waals surface area contributed by atoms with Gasteiger partial charge in [0.25, 0.3) is 0 Å². The number of fused-ring (bicyclic) bond motifs is 1. The number of aldehydes is 1. The molecule has 0 aromatic heterocycles. The quantitative estimate of drug-likeness (QED) is 0.678. The van der Waals surface area contributed by atoms with E-state index in [1.807, 2.05) is 0 Å². The second-order valence-corrected chi connectivity index (χ2v) is 2.91. The van der Waals surface area contributed by atoms with Crippen LogP contribution in [0, 0.1) is 0 Å². The summed E-state index contributed by atoms with van der Waals surface area (Å²) in [4.78, 5) is 10.5. The lowest BCUT2D eigenvalue weighted by molar-refractivity contribution is -0.137. The maximum absolute atomic E-state index is 12.4. The summed E-state index contributed by atoms with van der Waals surface area (Å²) in [6.45, 7) is -0.130. The Morgan fingerprint density at radius 1 is 1.20 bits per heavy atom. The van der Waals surface area contributed by atoms with Gasteiger partial charge in [0.1, 0.15) is 0 Å². The molecule has 0 spiro atoms. The smallest absolute Gasteiger partial charge is 0.417 e. The van der Waals surface area contributed by atoms with Gasteiger partial charge in [-0.1, -0.05) is 0 Å². The SMILES string of the molecule is O=Cc1cc2c(cc1C(F)(F)F)OCO2. The Labute approximate surface area is 82.4 Å². The zero-order valence-corrected chi connectivity index (χ0v) is 7.30. The van der Waals surface area contributed by atoms with Crippen LogP contribution in [0.1, 0.15) is 15.9 Å². The summed E-state index contributed by atoms with van der Waals surface area (Å²) < 4.78 is 47.0. The van der Waals surface area contributed by atoms with Gasteiger partial charge in [-0.2, -0.15) is 13.2 Å². The molecule has 1 aromatic carbocycles. The summed E-state index contributed by atoms with van der Waals surface area (Å²) in [6, 6.07) is 1.80. The van der Waals surface area contributed by atoms with Gasteiger partial charge in [-0.3, -0.25) is 4.79 Å². The molecule has 0 fully saturated rings. The van der Waals surface area contributed by atoms with Crippen LogP contribution in [0.4, 0.5) is 13.2 Å². The molecular formula is C9H5F3O3. The molecule has 0 saturated carbocycles. The second-order valence-electron chi connectivity index (χ2n) is 2.91. The minimum Gasteiger partial charge on any atom is -0.454 e. The Morgan fingerprint density at radius 3 is 2.33 bits per heavy atom. The van der Waals surface area contributed by atoms with Crippen LogP contribution in [-0.2, 0) is 6.18 Å². The highest BCUT2D eigenvalue weighted by molar-refractivity contribution is 5.79. The van der Waals surface area contributed by atoms with Crippen molar-refractivity contribution >= 4 is 6.29 Å². The highest BCUT2D eigenvalue weighted by Gasteiger charge is 2.35. The number of alkyl halides is 3. The lowest BCUT2D eigenvalue weighted by Crippen LogP contribution is -2.08. The molecule has 0 radical (unpaired) electrons. The minimum absolute atomic E-state index is 0.00734. The normalized spacial score (nSPS) is 14.1. The van der Waals surface area contributed by atoms with E-state index in [-0.39, 0.29) is 24.6 Å². The molecule has 15 heavy (non-hydrogen) atoms. The molecule has 3 nitrogen and oxygen atoms in total. The predicted octanol–water partition coefficient (Wildman–Crippen LogP) is 2.25. The van der Waals surface area contributed by atoms with Crippen molar-refractivity contribution in [1.82, 2.24) is 0 Å². The van der Waals surface area contributed by atoms with Crippen LogP contribution in [0.2, 0.25) is 0 Å². The molecule has 0 aliphatic carbocycles. The van der Waals surface area contributed by atoms with Crippen LogP contribution in [0.25, 0.3) is 0 Å². The van der Waals surface area contributed by atoms with Crippen molar-refractivity contribution in [2.75, 3.05) is 6.79 Å². The van der Waals surface area contributed by atoms with Crippen LogP contribution < -0.4 is 9.47 Å². The average Bonchev–Trinajstić information content (AvgIpc) is 2.60. The van der Waals surface area contributed by atoms with E-state index in [0.717, 1.165) is 12.1 Å². The summed E-state index contributed by atoms with van der Waals surface area (Å²) in [5.41, 5.74) is -1.46. The van der Waals surface area contributed by atoms with Crippen molar-refractivity contribution in [3.8, 4) is 11.5 Å². The molecule has 1 aliphatic rings. The number of ether oxygens (including phenoxy) is 2. The summed E-state index contributed by atoms with van der Waals surface area (Å²) in [5.74, 6) is 0.165. The van der Waals surface area contributed by atoms with Gasteiger partial charge in [0.05, 0.1) is 5.56 Å². The number of carbonyl (C=O) groups excluding carboxylic acids is 1. The molecule has 1 heterocycles. The van der Waals surface area contributed by atoms with E-state index in [9.17, 15) is 18.0 Å².